The minimum Gasteiger partial charge on any atom is -0.372 e. The Labute approximate surface area is 227 Å². The lowest BCUT2D eigenvalue weighted by Gasteiger charge is -2.40. The summed E-state index contributed by atoms with van der Waals surface area (Å²) in [5.74, 6) is 0.163. The lowest BCUT2D eigenvalue weighted by molar-refractivity contribution is -0.240. The minimum atomic E-state index is -0.622. The fourth-order valence-corrected chi connectivity index (χ4v) is 6.19. The first-order valence-electron chi connectivity index (χ1n) is 14.2. The van der Waals surface area contributed by atoms with Crippen molar-refractivity contribution in [2.45, 2.75) is 53.1 Å². The van der Waals surface area contributed by atoms with Crippen LogP contribution in [0.5, 0.6) is 0 Å². The molecule has 2 aliphatic heterocycles. The molecule has 0 unspecified atom stereocenters. The summed E-state index contributed by atoms with van der Waals surface area (Å²) >= 11 is 0. The Kier molecular flexibility index (Phi) is 8.10. The van der Waals surface area contributed by atoms with E-state index in [4.69, 9.17) is 18.9 Å². The molecule has 1 aliphatic carbocycles. The van der Waals surface area contributed by atoms with E-state index in [1.54, 1.807) is 0 Å². The Morgan fingerprint density at radius 2 is 0.921 bits per heavy atom. The van der Waals surface area contributed by atoms with Gasteiger partial charge >= 0.3 is 0 Å². The second-order valence-electron chi connectivity index (χ2n) is 10.8. The molecule has 38 heavy (non-hydrogen) atoms. The Balaban J connectivity index is 1.18. The van der Waals surface area contributed by atoms with Gasteiger partial charge in [0.1, 0.15) is 0 Å². The number of rotatable bonds is 8. The van der Waals surface area contributed by atoms with Crippen molar-refractivity contribution >= 4 is 17.2 Å². The van der Waals surface area contributed by atoms with Crippen LogP contribution in [-0.2, 0) is 23.7 Å². The van der Waals surface area contributed by atoms with E-state index < -0.39 is 23.4 Å². The molecule has 0 atom stereocenters. The standard InChI is InChI=1S/C31H42N2O5/c1-5-32(6-2)25-13-9-23(10-14-25)27-35-19-30(20-36-27)17-18-31(29(30)34)21-37-28(38-22-31)24-11-15-26(16-12-24)33(7-3)8-4/h9-16,27-28H,5-8,17-22H2,1-4H3. The molecule has 2 aromatic rings. The Bertz CT molecular complexity index is 977. The number of ether oxygens (including phenoxy) is 4. The van der Waals surface area contributed by atoms with Crippen LogP contribution in [0.25, 0.3) is 0 Å². The summed E-state index contributed by atoms with van der Waals surface area (Å²) in [5, 5.41) is 0. The molecule has 2 aromatic carbocycles. The van der Waals surface area contributed by atoms with Crippen LogP contribution in [0, 0.1) is 10.8 Å². The summed E-state index contributed by atoms with van der Waals surface area (Å²) in [7, 11) is 0. The first-order valence-corrected chi connectivity index (χ1v) is 14.2. The number of hydrogen-bond donors (Lipinski definition) is 0. The van der Waals surface area contributed by atoms with E-state index in [9.17, 15) is 4.79 Å². The molecule has 1 saturated carbocycles. The summed E-state index contributed by atoms with van der Waals surface area (Å²) < 4.78 is 24.6. The van der Waals surface area contributed by atoms with Gasteiger partial charge in [-0.2, -0.15) is 0 Å². The van der Waals surface area contributed by atoms with Crippen molar-refractivity contribution in [3.8, 4) is 0 Å². The van der Waals surface area contributed by atoms with Crippen molar-refractivity contribution < 1.29 is 23.7 Å². The highest BCUT2D eigenvalue weighted by Crippen LogP contribution is 2.52. The van der Waals surface area contributed by atoms with E-state index in [0.29, 0.717) is 26.4 Å². The minimum absolute atomic E-state index is 0.163. The van der Waals surface area contributed by atoms with Crippen LogP contribution in [0.1, 0.15) is 64.2 Å². The third-order valence-corrected chi connectivity index (χ3v) is 8.68. The molecule has 0 amide bonds. The summed E-state index contributed by atoms with van der Waals surface area (Å²) in [5.41, 5.74) is 3.10. The molecule has 2 saturated heterocycles. The molecule has 0 N–H and O–H groups in total. The number of ketones is 1. The molecule has 0 aromatic heterocycles. The van der Waals surface area contributed by atoms with Crippen LogP contribution in [-0.4, -0.2) is 58.4 Å². The summed E-state index contributed by atoms with van der Waals surface area (Å²) in [6.45, 7) is 14.0. The van der Waals surface area contributed by atoms with Gasteiger partial charge in [0.2, 0.25) is 0 Å². The fourth-order valence-electron chi connectivity index (χ4n) is 6.19. The van der Waals surface area contributed by atoms with Crippen molar-refractivity contribution in [3.05, 3.63) is 59.7 Å². The lowest BCUT2D eigenvalue weighted by Crippen LogP contribution is -2.50. The zero-order valence-electron chi connectivity index (χ0n) is 23.3. The van der Waals surface area contributed by atoms with E-state index >= 15 is 0 Å². The van der Waals surface area contributed by atoms with Gasteiger partial charge in [-0.3, -0.25) is 4.79 Å². The monoisotopic (exact) mass is 522 g/mol. The average molecular weight is 523 g/mol. The molecule has 3 fully saturated rings. The predicted molar refractivity (Wildman–Crippen MR) is 148 cm³/mol. The second kappa shape index (κ2) is 11.3. The highest BCUT2D eigenvalue weighted by Gasteiger charge is 2.60. The molecule has 206 valence electrons. The van der Waals surface area contributed by atoms with Gasteiger partial charge in [-0.1, -0.05) is 24.3 Å². The fraction of sp³-hybridized carbons (Fsp3) is 0.581. The van der Waals surface area contributed by atoms with Crippen molar-refractivity contribution in [2.24, 2.45) is 10.8 Å². The Morgan fingerprint density at radius 1 is 0.605 bits per heavy atom. The maximum absolute atomic E-state index is 13.8. The Hall–Kier alpha value is -2.45. The van der Waals surface area contributed by atoms with Gasteiger partial charge < -0.3 is 28.7 Å². The maximum atomic E-state index is 13.8. The second-order valence-corrected chi connectivity index (χ2v) is 10.8. The van der Waals surface area contributed by atoms with Crippen LogP contribution < -0.4 is 9.80 Å². The van der Waals surface area contributed by atoms with E-state index in [1.807, 2.05) is 0 Å². The van der Waals surface area contributed by atoms with Gasteiger partial charge in [0.25, 0.3) is 0 Å². The number of carbonyl (C=O) groups is 1. The number of nitrogens with zero attached hydrogens (tertiary/aromatic N) is 2. The lowest BCUT2D eigenvalue weighted by atomic mass is 9.78. The van der Waals surface area contributed by atoms with Crippen LogP contribution in [0.4, 0.5) is 11.4 Å². The molecular weight excluding hydrogens is 480 g/mol. The number of benzene rings is 2. The quantitative estimate of drug-likeness (QED) is 0.453. The number of Topliss-reactive ketones (excluding diaryl/α,β-unsaturated/α-hetero) is 1. The number of hydrogen-bond acceptors (Lipinski definition) is 7. The normalized spacial score (nSPS) is 29.2. The first kappa shape index (κ1) is 27.1. The maximum Gasteiger partial charge on any atom is 0.183 e. The van der Waals surface area contributed by atoms with Gasteiger partial charge in [0, 0.05) is 48.7 Å². The number of carbonyl (C=O) groups excluding carboxylic acids is 1. The molecule has 5 rings (SSSR count). The molecule has 7 heteroatoms. The van der Waals surface area contributed by atoms with Crippen molar-refractivity contribution in [1.29, 1.82) is 0 Å². The highest BCUT2D eigenvalue weighted by atomic mass is 16.7. The largest absolute Gasteiger partial charge is 0.372 e. The van der Waals surface area contributed by atoms with E-state index in [0.717, 1.165) is 50.1 Å². The van der Waals surface area contributed by atoms with Crippen LogP contribution in [0.3, 0.4) is 0 Å². The SMILES string of the molecule is CCN(CC)c1ccc(C2OCC3(CCC4(COC(c5ccc(N(CC)CC)cc5)OC4)C3=O)CO2)cc1. The zero-order chi connectivity index (χ0) is 26.8. The van der Waals surface area contributed by atoms with Crippen LogP contribution in [0.2, 0.25) is 0 Å². The zero-order valence-corrected chi connectivity index (χ0v) is 23.3. The average Bonchev–Trinajstić information content (AvgIpc) is 3.22. The topological polar surface area (TPSA) is 60.5 Å². The summed E-state index contributed by atoms with van der Waals surface area (Å²) in [6, 6.07) is 16.7. The molecule has 7 nitrogen and oxygen atoms in total. The first-order chi connectivity index (χ1) is 18.5. The van der Waals surface area contributed by atoms with E-state index in [-0.39, 0.29) is 5.78 Å². The van der Waals surface area contributed by atoms with Crippen molar-refractivity contribution in [3.63, 3.8) is 0 Å². The molecular formula is C31H42N2O5. The third-order valence-electron chi connectivity index (χ3n) is 8.68. The van der Waals surface area contributed by atoms with Gasteiger partial charge in [-0.15, -0.1) is 0 Å². The summed E-state index contributed by atoms with van der Waals surface area (Å²) in [6.07, 6.45) is 0.571. The van der Waals surface area contributed by atoms with Gasteiger partial charge in [0.15, 0.2) is 18.4 Å². The van der Waals surface area contributed by atoms with E-state index in [1.165, 1.54) is 11.4 Å². The molecule has 0 bridgehead atoms. The predicted octanol–water partition coefficient (Wildman–Crippen LogP) is 5.51. The number of anilines is 2. The van der Waals surface area contributed by atoms with Gasteiger partial charge in [-0.05, 0) is 64.8 Å². The van der Waals surface area contributed by atoms with Crippen LogP contribution in [0.15, 0.2) is 48.5 Å². The Morgan fingerprint density at radius 3 is 1.21 bits per heavy atom. The third kappa shape index (κ3) is 4.97. The van der Waals surface area contributed by atoms with Crippen molar-refractivity contribution in [1.82, 2.24) is 0 Å². The van der Waals surface area contributed by atoms with Gasteiger partial charge in [0.05, 0.1) is 37.3 Å². The van der Waals surface area contributed by atoms with Crippen molar-refractivity contribution in [2.75, 3.05) is 62.4 Å². The van der Waals surface area contributed by atoms with E-state index in [2.05, 4.69) is 86.0 Å². The molecule has 0 radical (unpaired) electrons. The smallest absolute Gasteiger partial charge is 0.183 e. The summed E-state index contributed by atoms with van der Waals surface area (Å²) in [4.78, 5) is 18.4. The van der Waals surface area contributed by atoms with Gasteiger partial charge in [-0.25, -0.2) is 0 Å². The van der Waals surface area contributed by atoms with Crippen LogP contribution >= 0.6 is 0 Å². The molecule has 2 spiro atoms. The highest BCUT2D eigenvalue weighted by molar-refractivity contribution is 5.93. The molecule has 3 aliphatic rings. The molecule has 2 heterocycles.